The number of primary sulfonamides is 1. The molecule has 0 heterocycles. The fourth-order valence-electron chi connectivity index (χ4n) is 1.43. The lowest BCUT2D eigenvalue weighted by Crippen LogP contribution is -2.15. The van der Waals surface area contributed by atoms with Gasteiger partial charge in [-0.2, -0.15) is 0 Å². The van der Waals surface area contributed by atoms with Crippen LogP contribution < -0.4 is 5.14 Å². The van der Waals surface area contributed by atoms with Gasteiger partial charge in [0.05, 0.1) is 5.75 Å². The Hall–Kier alpha value is -1.11. The second-order valence-corrected chi connectivity index (χ2v) is 5.62. The standard InChI is InChI=1S/C10H16N2O3S/c1-12(2)6-9-5-8(3-4-10(9)13)7-16(11,14)15/h3-5,13H,6-7H2,1-2H3,(H2,11,14,15). The summed E-state index contributed by atoms with van der Waals surface area (Å²) in [6.45, 7) is 0.546. The largest absolute Gasteiger partial charge is 0.508 e. The van der Waals surface area contributed by atoms with Crippen molar-refractivity contribution in [2.75, 3.05) is 14.1 Å². The zero-order valence-corrected chi connectivity index (χ0v) is 10.2. The number of nitrogens with two attached hydrogens (primary N) is 1. The van der Waals surface area contributed by atoms with Crippen LogP contribution in [0.5, 0.6) is 5.75 Å². The van der Waals surface area contributed by atoms with E-state index in [0.717, 1.165) is 0 Å². The van der Waals surface area contributed by atoms with E-state index in [9.17, 15) is 13.5 Å². The van der Waals surface area contributed by atoms with Crippen LogP contribution in [0.3, 0.4) is 0 Å². The molecule has 5 nitrogen and oxygen atoms in total. The smallest absolute Gasteiger partial charge is 0.213 e. The summed E-state index contributed by atoms with van der Waals surface area (Å²) < 4.78 is 21.8. The van der Waals surface area contributed by atoms with E-state index in [1.54, 1.807) is 12.1 Å². The molecule has 0 amide bonds. The minimum absolute atomic E-state index is 0.159. The van der Waals surface area contributed by atoms with Crippen LogP contribution in [0.4, 0.5) is 0 Å². The van der Waals surface area contributed by atoms with Gasteiger partial charge in [-0.25, -0.2) is 13.6 Å². The number of sulfonamides is 1. The Morgan fingerprint density at radius 2 is 2.00 bits per heavy atom. The van der Waals surface area contributed by atoms with Crippen molar-refractivity contribution in [1.82, 2.24) is 4.90 Å². The molecular weight excluding hydrogens is 228 g/mol. The molecule has 1 rings (SSSR count). The van der Waals surface area contributed by atoms with Crippen LogP contribution in [0, 0.1) is 0 Å². The van der Waals surface area contributed by atoms with Gasteiger partial charge < -0.3 is 10.0 Å². The molecule has 6 heteroatoms. The minimum atomic E-state index is -3.53. The molecule has 0 atom stereocenters. The molecule has 0 aliphatic rings. The lowest BCUT2D eigenvalue weighted by Gasteiger charge is -2.12. The number of benzene rings is 1. The van der Waals surface area contributed by atoms with Gasteiger partial charge in [-0.05, 0) is 31.8 Å². The van der Waals surface area contributed by atoms with Gasteiger partial charge in [0.15, 0.2) is 0 Å². The maximum Gasteiger partial charge on any atom is 0.213 e. The monoisotopic (exact) mass is 244 g/mol. The molecule has 0 saturated heterocycles. The summed E-state index contributed by atoms with van der Waals surface area (Å²) in [5.74, 6) is -0.0554. The molecule has 1 aromatic carbocycles. The van der Waals surface area contributed by atoms with E-state index in [4.69, 9.17) is 5.14 Å². The number of phenols is 1. The van der Waals surface area contributed by atoms with Gasteiger partial charge in [0, 0.05) is 12.1 Å². The third-order valence-electron chi connectivity index (χ3n) is 2.00. The summed E-state index contributed by atoms with van der Waals surface area (Å²) in [6.07, 6.45) is 0. The molecule has 0 fully saturated rings. The molecule has 1 aromatic rings. The fourth-order valence-corrected chi connectivity index (χ4v) is 2.07. The summed E-state index contributed by atoms with van der Waals surface area (Å²) in [5.41, 5.74) is 1.27. The van der Waals surface area contributed by atoms with Gasteiger partial charge >= 0.3 is 0 Å². The molecule has 16 heavy (non-hydrogen) atoms. The van der Waals surface area contributed by atoms with Crippen molar-refractivity contribution in [2.45, 2.75) is 12.3 Å². The number of hydrogen-bond donors (Lipinski definition) is 2. The van der Waals surface area contributed by atoms with E-state index in [1.165, 1.54) is 6.07 Å². The Bertz CT molecular complexity index is 469. The van der Waals surface area contributed by atoms with Crippen LogP contribution in [0.15, 0.2) is 18.2 Å². The van der Waals surface area contributed by atoms with Gasteiger partial charge in [-0.3, -0.25) is 0 Å². The highest BCUT2D eigenvalue weighted by molar-refractivity contribution is 7.88. The number of phenolic OH excluding ortho intramolecular Hbond substituents is 1. The molecule has 0 aliphatic heterocycles. The SMILES string of the molecule is CN(C)Cc1cc(CS(N)(=O)=O)ccc1O. The highest BCUT2D eigenvalue weighted by atomic mass is 32.2. The normalized spacial score (nSPS) is 12.0. The molecule has 0 spiro atoms. The van der Waals surface area contributed by atoms with Crippen LogP contribution in [0.25, 0.3) is 0 Å². The molecule has 0 bridgehead atoms. The first-order valence-corrected chi connectivity index (χ1v) is 6.45. The van der Waals surface area contributed by atoms with Crippen LogP contribution in [-0.2, 0) is 22.3 Å². The molecular formula is C10H16N2O3S. The molecule has 0 unspecified atom stereocenters. The number of nitrogens with zero attached hydrogens (tertiary/aromatic N) is 1. The molecule has 0 saturated carbocycles. The molecule has 0 radical (unpaired) electrons. The maximum atomic E-state index is 10.9. The summed E-state index contributed by atoms with van der Waals surface area (Å²) in [5, 5.41) is 14.5. The highest BCUT2D eigenvalue weighted by Crippen LogP contribution is 2.20. The molecule has 90 valence electrons. The third kappa shape index (κ3) is 4.18. The maximum absolute atomic E-state index is 10.9. The fraction of sp³-hybridized carbons (Fsp3) is 0.400. The van der Waals surface area contributed by atoms with Gasteiger partial charge in [0.1, 0.15) is 5.75 Å². The second kappa shape index (κ2) is 4.82. The third-order valence-corrected chi connectivity index (χ3v) is 2.73. The highest BCUT2D eigenvalue weighted by Gasteiger charge is 2.08. The molecule has 0 aromatic heterocycles. The first-order chi connectivity index (χ1) is 7.28. The number of hydrogen-bond acceptors (Lipinski definition) is 4. The Kier molecular flexibility index (Phi) is 3.90. The summed E-state index contributed by atoms with van der Waals surface area (Å²) in [7, 11) is 0.203. The second-order valence-electron chi connectivity index (χ2n) is 4.01. The van der Waals surface area contributed by atoms with Gasteiger partial charge in [-0.1, -0.05) is 6.07 Å². The summed E-state index contributed by atoms with van der Waals surface area (Å²) >= 11 is 0. The zero-order valence-electron chi connectivity index (χ0n) is 9.34. The first kappa shape index (κ1) is 13.0. The van der Waals surface area contributed by atoms with E-state index in [0.29, 0.717) is 17.7 Å². The topological polar surface area (TPSA) is 83.6 Å². The van der Waals surface area contributed by atoms with E-state index in [-0.39, 0.29) is 11.5 Å². The first-order valence-electron chi connectivity index (χ1n) is 4.74. The van der Waals surface area contributed by atoms with Gasteiger partial charge in [0.25, 0.3) is 0 Å². The Balaban J connectivity index is 2.98. The van der Waals surface area contributed by atoms with E-state index in [2.05, 4.69) is 0 Å². The van der Waals surface area contributed by atoms with Crippen molar-refractivity contribution < 1.29 is 13.5 Å². The van der Waals surface area contributed by atoms with Crippen LogP contribution in [0.1, 0.15) is 11.1 Å². The van der Waals surface area contributed by atoms with E-state index in [1.807, 2.05) is 19.0 Å². The Morgan fingerprint density at radius 1 is 1.38 bits per heavy atom. The minimum Gasteiger partial charge on any atom is -0.508 e. The zero-order chi connectivity index (χ0) is 12.3. The van der Waals surface area contributed by atoms with Crippen LogP contribution in [-0.4, -0.2) is 32.5 Å². The van der Waals surface area contributed by atoms with E-state index < -0.39 is 10.0 Å². The van der Waals surface area contributed by atoms with E-state index >= 15 is 0 Å². The van der Waals surface area contributed by atoms with Crippen molar-refractivity contribution in [3.8, 4) is 5.75 Å². The van der Waals surface area contributed by atoms with Crippen molar-refractivity contribution in [1.29, 1.82) is 0 Å². The summed E-state index contributed by atoms with van der Waals surface area (Å²) in [6, 6.07) is 4.69. The molecule has 3 N–H and O–H groups in total. The molecule has 0 aliphatic carbocycles. The van der Waals surface area contributed by atoms with Gasteiger partial charge in [0.2, 0.25) is 10.0 Å². The number of aromatic hydroxyl groups is 1. The van der Waals surface area contributed by atoms with Crippen molar-refractivity contribution in [3.63, 3.8) is 0 Å². The van der Waals surface area contributed by atoms with Crippen LogP contribution >= 0.6 is 0 Å². The lowest BCUT2D eigenvalue weighted by atomic mass is 10.1. The average molecular weight is 244 g/mol. The lowest BCUT2D eigenvalue weighted by molar-refractivity contribution is 0.385. The van der Waals surface area contributed by atoms with Crippen LogP contribution in [0.2, 0.25) is 0 Å². The quantitative estimate of drug-likeness (QED) is 0.795. The average Bonchev–Trinajstić information content (AvgIpc) is 2.07. The predicted molar refractivity (Wildman–Crippen MR) is 62.3 cm³/mol. The van der Waals surface area contributed by atoms with Crippen molar-refractivity contribution in [3.05, 3.63) is 29.3 Å². The Morgan fingerprint density at radius 3 is 2.50 bits per heavy atom. The number of rotatable bonds is 4. The summed E-state index contributed by atoms with van der Waals surface area (Å²) in [4.78, 5) is 1.88. The van der Waals surface area contributed by atoms with Crippen molar-refractivity contribution in [2.24, 2.45) is 5.14 Å². The van der Waals surface area contributed by atoms with Crippen molar-refractivity contribution >= 4 is 10.0 Å². The Labute approximate surface area is 95.5 Å². The van der Waals surface area contributed by atoms with Gasteiger partial charge in [-0.15, -0.1) is 0 Å². The predicted octanol–water partition coefficient (Wildman–Crippen LogP) is 0.242.